The number of halogens is 1. The van der Waals surface area contributed by atoms with Gasteiger partial charge < -0.3 is 14.5 Å². The summed E-state index contributed by atoms with van der Waals surface area (Å²) in [7, 11) is 0. The number of rotatable bonds is 9. The van der Waals surface area contributed by atoms with Crippen LogP contribution in [0.1, 0.15) is 52.7 Å². The number of amides is 2. The molecule has 0 spiro atoms. The Hall–Kier alpha value is -3.19. The minimum absolute atomic E-state index is 0.0174. The van der Waals surface area contributed by atoms with E-state index in [0.717, 1.165) is 24.0 Å². The minimum atomic E-state index is -0.323. The van der Waals surface area contributed by atoms with Crippen LogP contribution in [0, 0.1) is 18.7 Å². The maximum Gasteiger partial charge on any atom is 0.254 e. The molecule has 2 aromatic carbocycles. The molecule has 1 aliphatic rings. The van der Waals surface area contributed by atoms with E-state index in [2.05, 4.69) is 13.8 Å². The fourth-order valence-electron chi connectivity index (χ4n) is 4.44. The molecule has 0 aliphatic carbocycles. The van der Waals surface area contributed by atoms with Crippen LogP contribution in [0.3, 0.4) is 0 Å². The zero-order valence-electron chi connectivity index (χ0n) is 21.1. The highest BCUT2D eigenvalue weighted by Crippen LogP contribution is 2.34. The summed E-state index contributed by atoms with van der Waals surface area (Å²) in [6.07, 6.45) is 1.70. The quantitative estimate of drug-likeness (QED) is 0.362. The molecule has 3 aromatic rings. The fourth-order valence-corrected chi connectivity index (χ4v) is 5.37. The minimum Gasteiger partial charge on any atom is -0.491 e. The molecule has 0 saturated heterocycles. The highest BCUT2D eigenvalue weighted by atomic mass is 32.1. The second-order valence-electron chi connectivity index (χ2n) is 9.48. The van der Waals surface area contributed by atoms with Crippen molar-refractivity contribution in [1.29, 1.82) is 0 Å². The van der Waals surface area contributed by atoms with Crippen molar-refractivity contribution in [3.05, 3.63) is 87.4 Å². The van der Waals surface area contributed by atoms with Gasteiger partial charge in [-0.15, -0.1) is 11.3 Å². The zero-order chi connectivity index (χ0) is 25.7. The highest BCUT2D eigenvalue weighted by Gasteiger charge is 2.34. The number of thiophene rings is 1. The lowest BCUT2D eigenvalue weighted by Gasteiger charge is -2.37. The first-order valence-corrected chi connectivity index (χ1v) is 13.3. The summed E-state index contributed by atoms with van der Waals surface area (Å²) in [5.41, 5.74) is 2.76. The van der Waals surface area contributed by atoms with Gasteiger partial charge in [0.05, 0.1) is 6.04 Å². The summed E-state index contributed by atoms with van der Waals surface area (Å²) in [6, 6.07) is 15.2. The molecular formula is C29H33FN2O3S. The number of carbonyl (C=O) groups is 2. The molecule has 4 rings (SSSR count). The highest BCUT2D eigenvalue weighted by molar-refractivity contribution is 7.10. The number of hydrogen-bond donors (Lipinski definition) is 0. The van der Waals surface area contributed by atoms with Crippen LogP contribution in [0.5, 0.6) is 5.75 Å². The number of hydrogen-bond acceptors (Lipinski definition) is 4. The largest absolute Gasteiger partial charge is 0.491 e. The summed E-state index contributed by atoms with van der Waals surface area (Å²) in [5.74, 6) is 0.282. The predicted octanol–water partition coefficient (Wildman–Crippen LogP) is 5.89. The molecule has 0 bridgehead atoms. The van der Waals surface area contributed by atoms with E-state index in [9.17, 15) is 14.0 Å². The third kappa shape index (κ3) is 6.13. The van der Waals surface area contributed by atoms with Gasteiger partial charge in [0, 0.05) is 23.5 Å². The average Bonchev–Trinajstić information content (AvgIpc) is 3.37. The van der Waals surface area contributed by atoms with Gasteiger partial charge in [0.1, 0.15) is 24.7 Å². The lowest BCUT2D eigenvalue weighted by atomic mass is 10.00. The third-order valence-electron chi connectivity index (χ3n) is 6.78. The SMILES string of the molecule is CC[C@H](C)CN(CC(=O)N1CCc2sccc2[C@H]1COc1ccc(F)cc1)C(=O)c1ccc(C)cc1. The number of fused-ring (bicyclic) bond motifs is 1. The van der Waals surface area contributed by atoms with E-state index in [0.29, 0.717) is 24.4 Å². The molecule has 190 valence electrons. The number of nitrogens with zero attached hydrogens (tertiary/aromatic N) is 2. The topological polar surface area (TPSA) is 49.9 Å². The molecule has 2 heterocycles. The molecule has 2 amide bonds. The van der Waals surface area contributed by atoms with Crippen LogP contribution < -0.4 is 4.74 Å². The Labute approximate surface area is 216 Å². The molecule has 1 aliphatic heterocycles. The van der Waals surface area contributed by atoms with Gasteiger partial charge >= 0.3 is 0 Å². The van der Waals surface area contributed by atoms with E-state index in [-0.39, 0.29) is 42.7 Å². The number of carbonyl (C=O) groups excluding carboxylic acids is 2. The van der Waals surface area contributed by atoms with Gasteiger partial charge in [-0.25, -0.2) is 4.39 Å². The van der Waals surface area contributed by atoms with Crippen molar-refractivity contribution >= 4 is 23.2 Å². The van der Waals surface area contributed by atoms with Crippen molar-refractivity contribution in [2.75, 3.05) is 26.2 Å². The molecule has 1 aromatic heterocycles. The summed E-state index contributed by atoms with van der Waals surface area (Å²) < 4.78 is 19.3. The summed E-state index contributed by atoms with van der Waals surface area (Å²) in [4.78, 5) is 31.9. The summed E-state index contributed by atoms with van der Waals surface area (Å²) in [5, 5.41) is 2.04. The number of benzene rings is 2. The van der Waals surface area contributed by atoms with Crippen LogP contribution in [0.15, 0.2) is 60.0 Å². The van der Waals surface area contributed by atoms with Crippen molar-refractivity contribution in [1.82, 2.24) is 9.80 Å². The third-order valence-corrected chi connectivity index (χ3v) is 7.77. The Morgan fingerprint density at radius 2 is 1.86 bits per heavy atom. The first-order chi connectivity index (χ1) is 17.4. The number of ether oxygens (including phenoxy) is 1. The zero-order valence-corrected chi connectivity index (χ0v) is 21.9. The van der Waals surface area contributed by atoms with E-state index in [1.807, 2.05) is 47.5 Å². The molecule has 0 saturated carbocycles. The Morgan fingerprint density at radius 3 is 2.56 bits per heavy atom. The summed E-state index contributed by atoms with van der Waals surface area (Å²) in [6.45, 7) is 7.53. The van der Waals surface area contributed by atoms with Gasteiger partial charge in [0.15, 0.2) is 0 Å². The summed E-state index contributed by atoms with van der Waals surface area (Å²) >= 11 is 1.69. The van der Waals surface area contributed by atoms with Crippen molar-refractivity contribution in [3.63, 3.8) is 0 Å². The lowest BCUT2D eigenvalue weighted by Crippen LogP contribution is -2.48. The molecule has 7 heteroatoms. The van der Waals surface area contributed by atoms with Crippen LogP contribution in [-0.2, 0) is 11.2 Å². The Morgan fingerprint density at radius 1 is 1.14 bits per heavy atom. The lowest BCUT2D eigenvalue weighted by molar-refractivity contribution is -0.135. The number of aryl methyl sites for hydroxylation is 1. The second kappa shape index (κ2) is 11.7. The molecule has 0 radical (unpaired) electrons. The molecular weight excluding hydrogens is 475 g/mol. The molecule has 5 nitrogen and oxygen atoms in total. The van der Waals surface area contributed by atoms with Crippen molar-refractivity contribution in [2.24, 2.45) is 5.92 Å². The molecule has 0 fully saturated rings. The predicted molar refractivity (Wildman–Crippen MR) is 141 cm³/mol. The smallest absolute Gasteiger partial charge is 0.254 e. The average molecular weight is 509 g/mol. The van der Waals surface area contributed by atoms with Gasteiger partial charge in [0.25, 0.3) is 5.91 Å². The van der Waals surface area contributed by atoms with Crippen LogP contribution in [-0.4, -0.2) is 47.9 Å². The van der Waals surface area contributed by atoms with Gasteiger partial charge in [-0.05, 0) is 72.7 Å². The maximum atomic E-state index is 13.7. The van der Waals surface area contributed by atoms with E-state index in [4.69, 9.17) is 4.74 Å². The Bertz CT molecular complexity index is 1180. The van der Waals surface area contributed by atoms with Crippen molar-refractivity contribution in [2.45, 2.75) is 39.7 Å². The normalized spacial score (nSPS) is 15.8. The first kappa shape index (κ1) is 25.9. The van der Waals surface area contributed by atoms with Gasteiger partial charge in [-0.2, -0.15) is 0 Å². The van der Waals surface area contributed by atoms with Crippen molar-refractivity contribution in [3.8, 4) is 5.75 Å². The van der Waals surface area contributed by atoms with Gasteiger partial charge in [0.2, 0.25) is 5.91 Å². The molecule has 2 atom stereocenters. The monoisotopic (exact) mass is 508 g/mol. The van der Waals surface area contributed by atoms with Crippen LogP contribution in [0.25, 0.3) is 0 Å². The van der Waals surface area contributed by atoms with E-state index in [1.54, 1.807) is 28.4 Å². The first-order valence-electron chi connectivity index (χ1n) is 12.5. The van der Waals surface area contributed by atoms with E-state index in [1.165, 1.54) is 17.0 Å². The maximum absolute atomic E-state index is 13.7. The molecule has 0 N–H and O–H groups in total. The Balaban J connectivity index is 1.53. The fraction of sp³-hybridized carbons (Fsp3) is 0.379. The van der Waals surface area contributed by atoms with Gasteiger partial charge in [-0.1, -0.05) is 38.0 Å². The standard InChI is InChI=1S/C29H33FN2O3S/c1-4-20(2)17-31(29(34)22-7-5-21(3)6-8-22)18-28(33)32-15-13-27-25(14-16-36-27)26(32)19-35-24-11-9-23(30)10-12-24/h5-12,14,16,20,26H,4,13,15,17-19H2,1-3H3/t20-,26+/m0/s1. The Kier molecular flexibility index (Phi) is 8.41. The second-order valence-corrected chi connectivity index (χ2v) is 10.5. The van der Waals surface area contributed by atoms with Crippen LogP contribution in [0.2, 0.25) is 0 Å². The molecule has 36 heavy (non-hydrogen) atoms. The van der Waals surface area contributed by atoms with E-state index >= 15 is 0 Å². The van der Waals surface area contributed by atoms with Crippen LogP contribution in [0.4, 0.5) is 4.39 Å². The van der Waals surface area contributed by atoms with Crippen LogP contribution >= 0.6 is 11.3 Å². The van der Waals surface area contributed by atoms with E-state index < -0.39 is 0 Å². The van der Waals surface area contributed by atoms with Gasteiger partial charge in [-0.3, -0.25) is 9.59 Å². The van der Waals surface area contributed by atoms with Crippen molar-refractivity contribution < 1.29 is 18.7 Å². The molecule has 0 unspecified atom stereocenters.